The molecule has 0 bridgehead atoms. The van der Waals surface area contributed by atoms with E-state index >= 15 is 0 Å². The molecule has 2 atom stereocenters. The molecule has 2 unspecified atom stereocenters. The van der Waals surface area contributed by atoms with E-state index < -0.39 is 23.4 Å². The molecule has 1 aromatic carbocycles. The summed E-state index contributed by atoms with van der Waals surface area (Å²) in [5.41, 5.74) is 0.554. The lowest BCUT2D eigenvalue weighted by atomic mass is 10.2. The predicted molar refractivity (Wildman–Crippen MR) is 158 cm³/mol. The fourth-order valence-corrected chi connectivity index (χ4v) is 4.87. The second kappa shape index (κ2) is 11.2. The van der Waals surface area contributed by atoms with E-state index in [-0.39, 0.29) is 18.1 Å². The summed E-state index contributed by atoms with van der Waals surface area (Å²) in [6, 6.07) is 11.6. The molecule has 4 aromatic rings. The summed E-state index contributed by atoms with van der Waals surface area (Å²) in [5.74, 6) is 0.811. The predicted octanol–water partition coefficient (Wildman–Crippen LogP) is 6.72. The lowest BCUT2D eigenvalue weighted by Gasteiger charge is -2.28. The standard InChI is InChI=1S/C31H37N5O6/c1-19-15-23-26(33-18-34-27(23)36(28(37)41-30(2,3)4)29(38)42-31(5,6)7)35(19)25-13-12-22(40-25)17-39-21-11-10-20-9-8-14-32-24(20)16-21/h8-11,14-16,18,22,25H,12-13,17H2,1-7H3. The van der Waals surface area contributed by atoms with E-state index in [0.29, 0.717) is 17.6 Å². The highest BCUT2D eigenvalue weighted by atomic mass is 16.6. The first-order valence-electron chi connectivity index (χ1n) is 14.0. The van der Waals surface area contributed by atoms with E-state index in [1.807, 2.05) is 47.9 Å². The normalized spacial score (nSPS) is 17.4. The Labute approximate surface area is 244 Å². The Hall–Kier alpha value is -4.25. The summed E-state index contributed by atoms with van der Waals surface area (Å²) in [6.45, 7) is 12.7. The Bertz CT molecular complexity index is 1590. The molecule has 0 radical (unpaired) electrons. The number of rotatable bonds is 5. The molecule has 0 saturated carbocycles. The van der Waals surface area contributed by atoms with Crippen LogP contribution in [0.2, 0.25) is 0 Å². The fourth-order valence-electron chi connectivity index (χ4n) is 4.87. The molecule has 0 spiro atoms. The summed E-state index contributed by atoms with van der Waals surface area (Å²) in [6.07, 6.45) is 2.38. The monoisotopic (exact) mass is 575 g/mol. The minimum absolute atomic E-state index is 0.0770. The maximum absolute atomic E-state index is 13.3. The average molecular weight is 576 g/mol. The molecule has 1 aliphatic heterocycles. The van der Waals surface area contributed by atoms with Crippen molar-refractivity contribution in [3.05, 3.63) is 54.6 Å². The van der Waals surface area contributed by atoms with Crippen LogP contribution in [0.15, 0.2) is 48.9 Å². The SMILES string of the molecule is Cc1cc2c(N(C(=O)OC(C)(C)C)C(=O)OC(C)(C)C)ncnc2n1C1CCC(COc2ccc3cccnc3c2)O1. The molecule has 1 saturated heterocycles. The van der Waals surface area contributed by atoms with Crippen molar-refractivity contribution in [3.63, 3.8) is 0 Å². The van der Waals surface area contributed by atoms with Gasteiger partial charge in [0.25, 0.3) is 0 Å². The van der Waals surface area contributed by atoms with Gasteiger partial charge in [-0.15, -0.1) is 0 Å². The van der Waals surface area contributed by atoms with Crippen LogP contribution in [0.5, 0.6) is 5.75 Å². The number of pyridine rings is 1. The van der Waals surface area contributed by atoms with Crippen LogP contribution < -0.4 is 9.64 Å². The summed E-state index contributed by atoms with van der Waals surface area (Å²) < 4.78 is 25.5. The Balaban J connectivity index is 1.38. The Kier molecular flexibility index (Phi) is 7.80. The Morgan fingerprint density at radius 2 is 1.69 bits per heavy atom. The molecule has 42 heavy (non-hydrogen) atoms. The van der Waals surface area contributed by atoms with Crippen molar-refractivity contribution in [2.45, 2.75) is 84.8 Å². The van der Waals surface area contributed by atoms with E-state index in [0.717, 1.165) is 40.1 Å². The number of hydrogen-bond acceptors (Lipinski definition) is 9. The smallest absolute Gasteiger partial charge is 0.425 e. The average Bonchev–Trinajstić information content (AvgIpc) is 3.49. The fraction of sp³-hybridized carbons (Fsp3) is 0.452. The number of amides is 2. The Morgan fingerprint density at radius 3 is 2.38 bits per heavy atom. The molecule has 1 aliphatic rings. The number of imide groups is 1. The third-order valence-corrected chi connectivity index (χ3v) is 6.55. The topological polar surface area (TPSA) is 118 Å². The number of fused-ring (bicyclic) bond motifs is 2. The van der Waals surface area contributed by atoms with E-state index in [4.69, 9.17) is 18.9 Å². The molecule has 11 nitrogen and oxygen atoms in total. The number of carbonyl (C=O) groups is 2. The molecular formula is C31H37N5O6. The molecule has 0 N–H and O–H groups in total. The van der Waals surface area contributed by atoms with Gasteiger partial charge in [-0.1, -0.05) is 6.07 Å². The van der Waals surface area contributed by atoms with Gasteiger partial charge in [-0.2, -0.15) is 4.90 Å². The van der Waals surface area contributed by atoms with Crippen LogP contribution in [-0.4, -0.2) is 55.6 Å². The Morgan fingerprint density at radius 1 is 0.976 bits per heavy atom. The number of anilines is 1. The number of benzene rings is 1. The lowest BCUT2D eigenvalue weighted by molar-refractivity contribution is -0.0164. The minimum atomic E-state index is -0.889. The molecule has 3 aromatic heterocycles. The van der Waals surface area contributed by atoms with Gasteiger partial charge >= 0.3 is 12.2 Å². The molecular weight excluding hydrogens is 538 g/mol. The molecule has 5 rings (SSSR count). The first-order chi connectivity index (χ1) is 19.8. The second-order valence-electron chi connectivity index (χ2n) is 12.3. The maximum atomic E-state index is 13.3. The van der Waals surface area contributed by atoms with Crippen LogP contribution >= 0.6 is 0 Å². The third-order valence-electron chi connectivity index (χ3n) is 6.55. The number of carbonyl (C=O) groups excluding carboxylic acids is 2. The van der Waals surface area contributed by atoms with Gasteiger partial charge in [-0.3, -0.25) is 4.98 Å². The van der Waals surface area contributed by atoms with Gasteiger partial charge in [0.2, 0.25) is 0 Å². The molecule has 0 aliphatic carbocycles. The van der Waals surface area contributed by atoms with Gasteiger partial charge < -0.3 is 23.5 Å². The van der Waals surface area contributed by atoms with Crippen molar-refractivity contribution >= 4 is 39.9 Å². The van der Waals surface area contributed by atoms with Gasteiger partial charge in [-0.05, 0) is 85.6 Å². The maximum Gasteiger partial charge on any atom is 0.425 e. The van der Waals surface area contributed by atoms with Crippen molar-refractivity contribution in [2.75, 3.05) is 11.5 Å². The number of hydrogen-bond donors (Lipinski definition) is 0. The van der Waals surface area contributed by atoms with Gasteiger partial charge in [0, 0.05) is 23.3 Å². The summed E-state index contributed by atoms with van der Waals surface area (Å²) in [5, 5.41) is 1.55. The van der Waals surface area contributed by atoms with E-state index in [9.17, 15) is 9.59 Å². The number of ether oxygens (including phenoxy) is 4. The van der Waals surface area contributed by atoms with Gasteiger partial charge in [0.1, 0.15) is 41.8 Å². The lowest BCUT2D eigenvalue weighted by Crippen LogP contribution is -2.44. The zero-order valence-corrected chi connectivity index (χ0v) is 25.1. The summed E-state index contributed by atoms with van der Waals surface area (Å²) in [4.78, 5) is 40.6. The van der Waals surface area contributed by atoms with Crippen molar-refractivity contribution in [1.82, 2.24) is 19.5 Å². The zero-order valence-electron chi connectivity index (χ0n) is 25.1. The summed E-state index contributed by atoms with van der Waals surface area (Å²) in [7, 11) is 0. The third kappa shape index (κ3) is 6.46. The van der Waals surface area contributed by atoms with Crippen LogP contribution in [0, 0.1) is 6.92 Å². The number of nitrogens with zero attached hydrogens (tertiary/aromatic N) is 5. The molecule has 4 heterocycles. The van der Waals surface area contributed by atoms with Crippen molar-refractivity contribution < 1.29 is 28.5 Å². The van der Waals surface area contributed by atoms with Crippen LogP contribution in [0.25, 0.3) is 21.9 Å². The van der Waals surface area contributed by atoms with E-state index in [2.05, 4.69) is 15.0 Å². The van der Waals surface area contributed by atoms with Gasteiger partial charge in [0.05, 0.1) is 17.0 Å². The number of aryl methyl sites for hydroxylation is 1. The van der Waals surface area contributed by atoms with Crippen LogP contribution in [0.4, 0.5) is 15.4 Å². The quantitative estimate of drug-likeness (QED) is 0.255. The van der Waals surface area contributed by atoms with Crippen molar-refractivity contribution in [1.29, 1.82) is 0 Å². The van der Waals surface area contributed by atoms with Gasteiger partial charge in [-0.25, -0.2) is 19.6 Å². The second-order valence-corrected chi connectivity index (χ2v) is 12.3. The molecule has 222 valence electrons. The number of aromatic nitrogens is 4. The minimum Gasteiger partial charge on any atom is -0.491 e. The summed E-state index contributed by atoms with van der Waals surface area (Å²) >= 11 is 0. The highest BCUT2D eigenvalue weighted by molar-refractivity contribution is 6.13. The highest BCUT2D eigenvalue weighted by Crippen LogP contribution is 2.36. The largest absolute Gasteiger partial charge is 0.491 e. The van der Waals surface area contributed by atoms with Gasteiger partial charge in [0.15, 0.2) is 5.82 Å². The van der Waals surface area contributed by atoms with E-state index in [1.54, 1.807) is 47.7 Å². The van der Waals surface area contributed by atoms with Crippen molar-refractivity contribution in [3.8, 4) is 5.75 Å². The van der Waals surface area contributed by atoms with Crippen LogP contribution in [0.3, 0.4) is 0 Å². The molecule has 11 heteroatoms. The first-order valence-corrected chi connectivity index (χ1v) is 14.0. The van der Waals surface area contributed by atoms with Crippen LogP contribution in [0.1, 0.15) is 66.3 Å². The van der Waals surface area contributed by atoms with Crippen LogP contribution in [-0.2, 0) is 14.2 Å². The first kappa shape index (κ1) is 29.2. The highest BCUT2D eigenvalue weighted by Gasteiger charge is 2.36. The van der Waals surface area contributed by atoms with Crippen molar-refractivity contribution in [2.24, 2.45) is 0 Å². The zero-order chi connectivity index (χ0) is 30.2. The molecule has 2 amide bonds. The van der Waals surface area contributed by atoms with E-state index in [1.165, 1.54) is 6.33 Å². The molecule has 1 fully saturated rings.